The van der Waals surface area contributed by atoms with Gasteiger partial charge in [-0.15, -0.1) is 0 Å². The van der Waals surface area contributed by atoms with Gasteiger partial charge in [0.05, 0.1) is 18.5 Å². The summed E-state index contributed by atoms with van der Waals surface area (Å²) in [5.74, 6) is -0.534. The molecule has 0 unspecified atom stereocenters. The van der Waals surface area contributed by atoms with Crippen LogP contribution < -0.4 is 11.0 Å². The number of fused-ring (bicyclic) bond motifs is 3. The third-order valence-corrected chi connectivity index (χ3v) is 4.21. The first-order valence-corrected chi connectivity index (χ1v) is 7.68. The zero-order valence-corrected chi connectivity index (χ0v) is 13.6. The topological polar surface area (TPSA) is 113 Å². The van der Waals surface area contributed by atoms with Crippen molar-refractivity contribution in [2.24, 2.45) is 0 Å². The molecule has 2 aromatic carbocycles. The number of aromatic amines is 1. The summed E-state index contributed by atoms with van der Waals surface area (Å²) >= 11 is 0. The van der Waals surface area contributed by atoms with Crippen molar-refractivity contribution in [3.05, 3.63) is 58.5 Å². The van der Waals surface area contributed by atoms with Crippen LogP contribution in [-0.2, 0) is 4.74 Å². The quantitative estimate of drug-likeness (QED) is 0.480. The fraction of sp³-hybridized carbons (Fsp3) is 0.0556. The van der Waals surface area contributed by atoms with Gasteiger partial charge in [-0.3, -0.25) is 10.1 Å². The molecule has 0 aliphatic carbocycles. The monoisotopic (exact) mass is 351 g/mol. The molecule has 1 aliphatic rings. The second-order valence-corrected chi connectivity index (χ2v) is 5.69. The van der Waals surface area contributed by atoms with E-state index in [9.17, 15) is 19.5 Å². The predicted molar refractivity (Wildman–Crippen MR) is 93.3 cm³/mol. The highest BCUT2D eigenvalue weighted by atomic mass is 16.5. The van der Waals surface area contributed by atoms with Crippen molar-refractivity contribution in [1.29, 1.82) is 0 Å². The van der Waals surface area contributed by atoms with Gasteiger partial charge in [0.25, 0.3) is 5.91 Å². The second kappa shape index (κ2) is 5.62. The van der Waals surface area contributed by atoms with Gasteiger partial charge in [-0.2, -0.15) is 0 Å². The summed E-state index contributed by atoms with van der Waals surface area (Å²) < 4.78 is 5.59. The Hall–Kier alpha value is -3.81. The number of aromatic nitrogens is 2. The van der Waals surface area contributed by atoms with E-state index in [1.165, 1.54) is 25.3 Å². The van der Waals surface area contributed by atoms with Crippen LogP contribution in [0.3, 0.4) is 0 Å². The van der Waals surface area contributed by atoms with E-state index >= 15 is 0 Å². The Morgan fingerprint density at radius 1 is 1.12 bits per heavy atom. The normalized spacial score (nSPS) is 11.8. The molecule has 8 heteroatoms. The molecule has 3 aromatic rings. The molecule has 0 spiro atoms. The number of imidazole rings is 1. The molecule has 8 nitrogen and oxygen atoms in total. The Balaban J connectivity index is 1.93. The summed E-state index contributed by atoms with van der Waals surface area (Å²) in [6.07, 6.45) is -0.669. The molecule has 1 aromatic heterocycles. The number of benzene rings is 2. The minimum atomic E-state index is -0.669. The number of anilines is 1. The van der Waals surface area contributed by atoms with E-state index in [-0.39, 0.29) is 11.3 Å². The Morgan fingerprint density at radius 3 is 2.58 bits per heavy atom. The van der Waals surface area contributed by atoms with E-state index in [4.69, 9.17) is 0 Å². The third kappa shape index (κ3) is 2.20. The Morgan fingerprint density at radius 2 is 1.85 bits per heavy atom. The van der Waals surface area contributed by atoms with Crippen LogP contribution in [0, 0.1) is 0 Å². The maximum atomic E-state index is 12.5. The van der Waals surface area contributed by atoms with Crippen molar-refractivity contribution >= 4 is 17.7 Å². The molecule has 0 saturated carbocycles. The van der Waals surface area contributed by atoms with Crippen LogP contribution in [0.4, 0.5) is 10.5 Å². The number of nitrogens with zero attached hydrogens (tertiary/aromatic N) is 1. The van der Waals surface area contributed by atoms with Gasteiger partial charge in [-0.05, 0) is 24.3 Å². The molecule has 130 valence electrons. The first-order valence-electron chi connectivity index (χ1n) is 7.68. The van der Waals surface area contributed by atoms with E-state index in [0.717, 1.165) is 4.57 Å². The number of rotatable bonds is 2. The van der Waals surface area contributed by atoms with E-state index in [0.29, 0.717) is 28.2 Å². The van der Waals surface area contributed by atoms with Crippen molar-refractivity contribution in [1.82, 2.24) is 9.55 Å². The summed E-state index contributed by atoms with van der Waals surface area (Å²) in [6.45, 7) is 0. The highest BCUT2D eigenvalue weighted by molar-refractivity contribution is 6.11. The van der Waals surface area contributed by atoms with E-state index < -0.39 is 17.7 Å². The number of nitrogens with one attached hydrogen (secondary N) is 2. The number of ether oxygens (including phenoxy) is 1. The van der Waals surface area contributed by atoms with Gasteiger partial charge in [-0.1, -0.05) is 18.2 Å². The smallest absolute Gasteiger partial charge is 0.411 e. The van der Waals surface area contributed by atoms with Crippen LogP contribution in [0.15, 0.2) is 47.3 Å². The van der Waals surface area contributed by atoms with Gasteiger partial charge in [0.2, 0.25) is 0 Å². The number of H-pyrrole nitrogens is 1. The van der Waals surface area contributed by atoms with Crippen molar-refractivity contribution in [3.63, 3.8) is 0 Å². The Kier molecular flexibility index (Phi) is 3.40. The number of amides is 1. The van der Waals surface area contributed by atoms with Gasteiger partial charge in [-0.25, -0.2) is 14.2 Å². The molecule has 1 amide bonds. The molecule has 0 fully saturated rings. The highest BCUT2D eigenvalue weighted by Gasteiger charge is 2.32. The zero-order valence-electron chi connectivity index (χ0n) is 13.6. The molecule has 0 bridgehead atoms. The molecule has 26 heavy (non-hydrogen) atoms. The van der Waals surface area contributed by atoms with Crippen LogP contribution in [-0.4, -0.2) is 33.8 Å². The van der Waals surface area contributed by atoms with E-state index in [1.807, 2.05) is 0 Å². The lowest BCUT2D eigenvalue weighted by Gasteiger charge is -2.09. The lowest BCUT2D eigenvalue weighted by molar-refractivity contribution is 0.0965. The molecule has 4 rings (SSSR count). The van der Waals surface area contributed by atoms with Crippen molar-refractivity contribution < 1.29 is 19.4 Å². The second-order valence-electron chi connectivity index (χ2n) is 5.69. The average molecular weight is 351 g/mol. The van der Waals surface area contributed by atoms with Crippen LogP contribution in [0.25, 0.3) is 22.5 Å². The lowest BCUT2D eigenvalue weighted by atomic mass is 10.0. The number of hydrogen-bond acceptors (Lipinski definition) is 5. The first kappa shape index (κ1) is 15.7. The maximum absolute atomic E-state index is 12.5. The Labute approximate surface area is 146 Å². The molecule has 3 N–H and O–H groups in total. The summed E-state index contributed by atoms with van der Waals surface area (Å²) in [5, 5.41) is 12.8. The largest absolute Gasteiger partial charge is 0.507 e. The average Bonchev–Trinajstić information content (AvgIpc) is 3.13. The van der Waals surface area contributed by atoms with Crippen molar-refractivity contribution in [2.75, 3.05) is 12.4 Å². The fourth-order valence-electron chi connectivity index (χ4n) is 3.06. The Bertz CT molecular complexity index is 1130. The zero-order chi connectivity index (χ0) is 18.4. The fourth-order valence-corrected chi connectivity index (χ4v) is 3.06. The van der Waals surface area contributed by atoms with Gasteiger partial charge >= 0.3 is 11.8 Å². The van der Waals surface area contributed by atoms with Crippen LogP contribution >= 0.6 is 0 Å². The number of carbonyl (C=O) groups excluding carboxylic acids is 2. The summed E-state index contributed by atoms with van der Waals surface area (Å²) in [5.41, 5.74) is 1.72. The number of phenolic OH excluding ortho intramolecular Hbond substituents is 1. The highest BCUT2D eigenvalue weighted by Crippen LogP contribution is 2.40. The van der Waals surface area contributed by atoms with Gasteiger partial charge in [0, 0.05) is 22.4 Å². The number of carbonyl (C=O) groups is 2. The number of methoxy groups -OCH3 is 1. The lowest BCUT2D eigenvalue weighted by Crippen LogP contribution is -2.21. The predicted octanol–water partition coefficient (Wildman–Crippen LogP) is 2.40. The van der Waals surface area contributed by atoms with Gasteiger partial charge in [0.1, 0.15) is 5.75 Å². The van der Waals surface area contributed by atoms with Crippen LogP contribution in [0.5, 0.6) is 5.75 Å². The first-order chi connectivity index (χ1) is 12.5. The number of hydrogen-bond donors (Lipinski definition) is 3. The molecular weight excluding hydrogens is 338 g/mol. The minimum absolute atomic E-state index is 0.109. The maximum Gasteiger partial charge on any atom is 0.411 e. The van der Waals surface area contributed by atoms with Crippen molar-refractivity contribution in [3.8, 4) is 28.3 Å². The minimum Gasteiger partial charge on any atom is -0.507 e. The van der Waals surface area contributed by atoms with E-state index in [1.54, 1.807) is 24.3 Å². The standard InChI is InChI=1S/C18H13N3O5/c1-26-18(25)19-9-6-7-13(22)12(8-9)14-15-10-4-2-3-5-11(10)16(23)21(15)17(24)20-14/h2-8,22H,1H3,(H,19,25)(H,20,24). The summed E-state index contributed by atoms with van der Waals surface area (Å²) in [4.78, 5) is 38.8. The molecule has 2 heterocycles. The molecule has 0 saturated heterocycles. The summed E-state index contributed by atoms with van der Waals surface area (Å²) in [6, 6.07) is 11.2. The molecule has 1 aliphatic heterocycles. The third-order valence-electron chi connectivity index (χ3n) is 4.21. The van der Waals surface area contributed by atoms with Crippen LogP contribution in [0.1, 0.15) is 10.4 Å². The summed E-state index contributed by atoms with van der Waals surface area (Å²) in [7, 11) is 1.23. The molecule has 0 atom stereocenters. The van der Waals surface area contributed by atoms with Gasteiger partial charge < -0.3 is 14.8 Å². The number of phenols is 1. The molecule has 0 radical (unpaired) electrons. The van der Waals surface area contributed by atoms with Crippen LogP contribution in [0.2, 0.25) is 0 Å². The van der Waals surface area contributed by atoms with Gasteiger partial charge in [0.15, 0.2) is 0 Å². The van der Waals surface area contributed by atoms with E-state index in [2.05, 4.69) is 15.0 Å². The SMILES string of the molecule is COC(=O)Nc1ccc(O)c(-c2[nH]c(=O)n3c2-c2ccccc2C3=O)c1. The van der Waals surface area contributed by atoms with Crippen molar-refractivity contribution in [2.45, 2.75) is 0 Å². The number of aromatic hydroxyl groups is 1. The molecular formula is C18H13N3O5.